The van der Waals surface area contributed by atoms with Gasteiger partial charge >= 0.3 is 0 Å². The summed E-state index contributed by atoms with van der Waals surface area (Å²) >= 11 is 11.6. The first kappa shape index (κ1) is 11.3. The molecule has 0 saturated carbocycles. The molecule has 76 valence electrons. The maximum atomic E-state index is 11.6. The van der Waals surface area contributed by atoms with Crippen LogP contribution in [0.15, 0.2) is 18.2 Å². The highest BCUT2D eigenvalue weighted by molar-refractivity contribution is 6.35. The maximum Gasteiger partial charge on any atom is 0.278 e. The largest absolute Gasteiger partial charge is 0.278 e. The SMILES string of the molecule is CON(C)C(=O)c1cc(Cl)ccc1Cl. The Labute approximate surface area is 92.1 Å². The molecule has 5 heteroatoms. The summed E-state index contributed by atoms with van der Waals surface area (Å²) in [6.45, 7) is 0. The normalized spacial score (nSPS) is 10.0. The van der Waals surface area contributed by atoms with Gasteiger partial charge in [0.15, 0.2) is 0 Å². The predicted molar refractivity (Wildman–Crippen MR) is 55.6 cm³/mol. The van der Waals surface area contributed by atoms with E-state index in [4.69, 9.17) is 28.0 Å². The smallest absolute Gasteiger partial charge is 0.274 e. The van der Waals surface area contributed by atoms with Crippen molar-refractivity contribution in [3.8, 4) is 0 Å². The first-order chi connectivity index (χ1) is 6.56. The highest BCUT2D eigenvalue weighted by Gasteiger charge is 2.15. The third kappa shape index (κ3) is 2.38. The lowest BCUT2D eigenvalue weighted by molar-refractivity contribution is -0.0756. The molecule has 0 saturated heterocycles. The van der Waals surface area contributed by atoms with E-state index in [2.05, 4.69) is 0 Å². The minimum Gasteiger partial charge on any atom is -0.274 e. The number of rotatable bonds is 2. The average molecular weight is 234 g/mol. The zero-order valence-corrected chi connectivity index (χ0v) is 9.26. The number of halogens is 2. The van der Waals surface area contributed by atoms with Crippen LogP contribution < -0.4 is 0 Å². The molecule has 0 spiro atoms. The Bertz CT molecular complexity index is 355. The van der Waals surface area contributed by atoms with E-state index in [1.54, 1.807) is 12.1 Å². The van der Waals surface area contributed by atoms with Crippen molar-refractivity contribution in [3.05, 3.63) is 33.8 Å². The number of amides is 1. The van der Waals surface area contributed by atoms with E-state index in [1.807, 2.05) is 0 Å². The molecule has 0 bridgehead atoms. The van der Waals surface area contributed by atoms with E-state index in [1.165, 1.54) is 20.2 Å². The van der Waals surface area contributed by atoms with E-state index in [9.17, 15) is 4.79 Å². The van der Waals surface area contributed by atoms with Gasteiger partial charge < -0.3 is 0 Å². The Morgan fingerprint density at radius 3 is 2.64 bits per heavy atom. The highest BCUT2D eigenvalue weighted by atomic mass is 35.5. The molecule has 3 nitrogen and oxygen atoms in total. The second kappa shape index (κ2) is 4.64. The summed E-state index contributed by atoms with van der Waals surface area (Å²) in [5, 5.41) is 1.89. The van der Waals surface area contributed by atoms with Crippen LogP contribution in [0.5, 0.6) is 0 Å². The van der Waals surface area contributed by atoms with Gasteiger partial charge in [0.2, 0.25) is 0 Å². The predicted octanol–water partition coefficient (Wildman–Crippen LogP) is 2.63. The molecule has 0 heterocycles. The number of carbonyl (C=O) groups excluding carboxylic acids is 1. The van der Waals surface area contributed by atoms with Crippen molar-refractivity contribution in [2.45, 2.75) is 0 Å². The van der Waals surface area contributed by atoms with Crippen molar-refractivity contribution in [2.24, 2.45) is 0 Å². The molecule has 0 aliphatic rings. The van der Waals surface area contributed by atoms with E-state index in [0.717, 1.165) is 5.06 Å². The Kier molecular flexibility index (Phi) is 3.75. The number of hydrogen-bond acceptors (Lipinski definition) is 2. The molecule has 0 aliphatic carbocycles. The van der Waals surface area contributed by atoms with Crippen molar-refractivity contribution in [2.75, 3.05) is 14.2 Å². The van der Waals surface area contributed by atoms with Crippen LogP contribution in [0.25, 0.3) is 0 Å². The van der Waals surface area contributed by atoms with Gasteiger partial charge in [-0.15, -0.1) is 0 Å². The zero-order chi connectivity index (χ0) is 10.7. The molecule has 0 radical (unpaired) electrons. The van der Waals surface area contributed by atoms with Gasteiger partial charge in [0.1, 0.15) is 0 Å². The molecule has 0 fully saturated rings. The summed E-state index contributed by atoms with van der Waals surface area (Å²) in [7, 11) is 2.90. The Morgan fingerprint density at radius 1 is 1.43 bits per heavy atom. The number of nitrogens with zero attached hydrogens (tertiary/aromatic N) is 1. The summed E-state index contributed by atoms with van der Waals surface area (Å²) in [5.74, 6) is -0.333. The van der Waals surface area contributed by atoms with Gasteiger partial charge in [-0.1, -0.05) is 23.2 Å². The van der Waals surface area contributed by atoms with Crippen molar-refractivity contribution < 1.29 is 9.63 Å². The molecule has 1 rings (SSSR count). The summed E-state index contributed by atoms with van der Waals surface area (Å²) in [6.07, 6.45) is 0. The van der Waals surface area contributed by atoms with Crippen LogP contribution in [0, 0.1) is 0 Å². The van der Waals surface area contributed by atoms with Gasteiger partial charge in [-0.25, -0.2) is 5.06 Å². The van der Waals surface area contributed by atoms with Crippen molar-refractivity contribution in [1.29, 1.82) is 0 Å². The third-order valence-electron chi connectivity index (χ3n) is 1.72. The van der Waals surface area contributed by atoms with Gasteiger partial charge in [0, 0.05) is 12.1 Å². The van der Waals surface area contributed by atoms with Crippen molar-refractivity contribution in [1.82, 2.24) is 5.06 Å². The second-order valence-corrected chi connectivity index (χ2v) is 3.45. The first-order valence-electron chi connectivity index (χ1n) is 3.83. The van der Waals surface area contributed by atoms with Crippen LogP contribution in [0.4, 0.5) is 0 Å². The molecule has 0 aliphatic heterocycles. The van der Waals surface area contributed by atoms with Crippen LogP contribution in [0.1, 0.15) is 10.4 Å². The van der Waals surface area contributed by atoms with Crippen LogP contribution in [0.3, 0.4) is 0 Å². The zero-order valence-electron chi connectivity index (χ0n) is 7.75. The first-order valence-corrected chi connectivity index (χ1v) is 4.59. The summed E-state index contributed by atoms with van der Waals surface area (Å²) in [4.78, 5) is 16.3. The summed E-state index contributed by atoms with van der Waals surface area (Å²) in [6, 6.07) is 4.69. The molecule has 0 aromatic heterocycles. The molecule has 1 amide bonds. The van der Waals surface area contributed by atoms with Crippen LogP contribution in [-0.2, 0) is 4.84 Å². The fourth-order valence-electron chi connectivity index (χ4n) is 0.914. The molecule has 0 unspecified atom stereocenters. The van der Waals surface area contributed by atoms with Gasteiger partial charge in [-0.3, -0.25) is 9.63 Å². The lowest BCUT2D eigenvalue weighted by Crippen LogP contribution is -2.25. The van der Waals surface area contributed by atoms with E-state index in [0.29, 0.717) is 15.6 Å². The van der Waals surface area contributed by atoms with Gasteiger partial charge in [0.05, 0.1) is 17.7 Å². The Hall–Kier alpha value is -0.770. The molecule has 0 atom stereocenters. The van der Waals surface area contributed by atoms with Crippen molar-refractivity contribution >= 4 is 29.1 Å². The molecule has 14 heavy (non-hydrogen) atoms. The number of hydroxylamine groups is 2. The summed E-state index contributed by atoms with van der Waals surface area (Å²) < 4.78 is 0. The molecule has 1 aromatic carbocycles. The molecule has 0 N–H and O–H groups in total. The highest BCUT2D eigenvalue weighted by Crippen LogP contribution is 2.21. The second-order valence-electron chi connectivity index (χ2n) is 2.61. The van der Waals surface area contributed by atoms with Crippen LogP contribution in [0.2, 0.25) is 10.0 Å². The van der Waals surface area contributed by atoms with E-state index in [-0.39, 0.29) is 5.91 Å². The quantitative estimate of drug-likeness (QED) is 0.736. The number of carbonyl (C=O) groups is 1. The van der Waals surface area contributed by atoms with E-state index < -0.39 is 0 Å². The van der Waals surface area contributed by atoms with Crippen molar-refractivity contribution in [3.63, 3.8) is 0 Å². The fraction of sp³-hybridized carbons (Fsp3) is 0.222. The summed E-state index contributed by atoms with van der Waals surface area (Å²) in [5.41, 5.74) is 0.323. The molecular formula is C9H9Cl2NO2. The minimum absolute atomic E-state index is 0.323. The van der Waals surface area contributed by atoms with Crippen LogP contribution >= 0.6 is 23.2 Å². The Balaban J connectivity index is 3.06. The number of benzene rings is 1. The lowest BCUT2D eigenvalue weighted by atomic mass is 10.2. The van der Waals surface area contributed by atoms with Gasteiger partial charge in [-0.05, 0) is 18.2 Å². The average Bonchev–Trinajstić information content (AvgIpc) is 2.19. The molecule has 1 aromatic rings. The lowest BCUT2D eigenvalue weighted by Gasteiger charge is -2.14. The Morgan fingerprint density at radius 2 is 2.07 bits per heavy atom. The monoisotopic (exact) mass is 233 g/mol. The van der Waals surface area contributed by atoms with Gasteiger partial charge in [0.25, 0.3) is 5.91 Å². The topological polar surface area (TPSA) is 29.5 Å². The standard InChI is InChI=1S/C9H9Cl2NO2/c1-12(14-2)9(13)7-5-6(10)3-4-8(7)11/h3-5H,1-2H3. The minimum atomic E-state index is -0.333. The fourth-order valence-corrected chi connectivity index (χ4v) is 1.28. The third-order valence-corrected chi connectivity index (χ3v) is 2.28. The number of hydrogen-bond donors (Lipinski definition) is 0. The molecular weight excluding hydrogens is 225 g/mol. The maximum absolute atomic E-state index is 11.6. The van der Waals surface area contributed by atoms with Gasteiger partial charge in [-0.2, -0.15) is 0 Å². The van der Waals surface area contributed by atoms with Crippen LogP contribution in [-0.4, -0.2) is 25.1 Å². The van der Waals surface area contributed by atoms with E-state index >= 15 is 0 Å².